The Morgan fingerprint density at radius 3 is 1.59 bits per heavy atom. The largest absolute Gasteiger partial charge is 0.465 e. The molecule has 2 aliphatic rings. The number of alkyl carbamates (subject to hydrolysis) is 1. The smallest absolute Gasteiger partial charge is 0.407 e. The van der Waals surface area contributed by atoms with Crippen LogP contribution in [0.25, 0.3) is 55.9 Å². The molecule has 59 heavy (non-hydrogen) atoms. The summed E-state index contributed by atoms with van der Waals surface area (Å²) in [5, 5.41) is 16.3. The van der Waals surface area contributed by atoms with Crippen molar-refractivity contribution in [2.24, 2.45) is 11.8 Å². The SMILES string of the molecule is COC(=O)N[C@@H](C(=O)N1CCCC1c1nc2nc(-c3ccc4cc(-c5cnc6[nH]c([C@@H]7CCCN7C(=O)[C@@H](NC(=O)O)C(C)C)nc6n5)ccc4c3)cnc2[nH]1)C(C)C. The molecule has 2 fully saturated rings. The number of amides is 4. The fraction of sp³-hybridized carbons (Fsp3) is 0.415. The third-order valence-electron chi connectivity index (χ3n) is 11.2. The molecule has 0 spiro atoms. The van der Waals surface area contributed by atoms with Crippen LogP contribution in [0.4, 0.5) is 9.59 Å². The number of likely N-dealkylation sites (tertiary alicyclic amines) is 2. The monoisotopic (exact) mass is 802 g/mol. The van der Waals surface area contributed by atoms with Gasteiger partial charge in [-0.3, -0.25) is 9.59 Å². The van der Waals surface area contributed by atoms with Gasteiger partial charge in [0.05, 0.1) is 43.0 Å². The number of imidazole rings is 2. The number of H-pyrrole nitrogens is 2. The van der Waals surface area contributed by atoms with Gasteiger partial charge >= 0.3 is 12.2 Å². The van der Waals surface area contributed by atoms with E-state index < -0.39 is 24.3 Å². The molecule has 18 heteroatoms. The first-order valence-corrected chi connectivity index (χ1v) is 19.8. The number of aromatic nitrogens is 8. The van der Waals surface area contributed by atoms with E-state index in [4.69, 9.17) is 24.7 Å². The number of ether oxygens (including phenoxy) is 1. The second kappa shape index (κ2) is 15.9. The van der Waals surface area contributed by atoms with Crippen molar-refractivity contribution in [1.29, 1.82) is 0 Å². The zero-order valence-electron chi connectivity index (χ0n) is 33.4. The summed E-state index contributed by atoms with van der Waals surface area (Å²) in [5.74, 6) is 0.345. The fourth-order valence-electron chi connectivity index (χ4n) is 8.11. The summed E-state index contributed by atoms with van der Waals surface area (Å²) in [5.41, 5.74) is 4.89. The van der Waals surface area contributed by atoms with Gasteiger partial charge in [-0.05, 0) is 60.4 Å². The molecule has 4 atom stereocenters. The lowest BCUT2D eigenvalue weighted by Gasteiger charge is -2.29. The van der Waals surface area contributed by atoms with E-state index in [9.17, 15) is 24.3 Å². The maximum atomic E-state index is 13.6. The summed E-state index contributed by atoms with van der Waals surface area (Å²) in [6.07, 6.45) is 4.47. The molecule has 306 valence electrons. The van der Waals surface area contributed by atoms with Crippen molar-refractivity contribution in [3.8, 4) is 22.5 Å². The van der Waals surface area contributed by atoms with E-state index >= 15 is 0 Å². The Kier molecular flexibility index (Phi) is 10.5. The molecule has 0 radical (unpaired) electrons. The van der Waals surface area contributed by atoms with Crippen LogP contribution in [0, 0.1) is 11.8 Å². The molecule has 18 nitrogen and oxygen atoms in total. The van der Waals surface area contributed by atoms with Crippen LogP contribution < -0.4 is 10.6 Å². The van der Waals surface area contributed by atoms with Crippen molar-refractivity contribution in [1.82, 2.24) is 60.3 Å². The van der Waals surface area contributed by atoms with Crippen molar-refractivity contribution in [2.45, 2.75) is 77.5 Å². The molecule has 8 rings (SSSR count). The number of fused-ring (bicyclic) bond motifs is 3. The van der Waals surface area contributed by atoms with Crippen LogP contribution >= 0.6 is 0 Å². The summed E-state index contributed by atoms with van der Waals surface area (Å²) < 4.78 is 4.76. The Morgan fingerprint density at radius 2 is 1.17 bits per heavy atom. The van der Waals surface area contributed by atoms with Crippen LogP contribution in [0.15, 0.2) is 48.8 Å². The quantitative estimate of drug-likeness (QED) is 0.115. The number of carbonyl (C=O) groups excluding carboxylic acids is 3. The molecule has 2 aromatic carbocycles. The highest BCUT2D eigenvalue weighted by molar-refractivity contribution is 5.91. The summed E-state index contributed by atoms with van der Waals surface area (Å²) in [6, 6.07) is 9.81. The number of carbonyl (C=O) groups is 4. The molecule has 2 saturated heterocycles. The fourth-order valence-corrected chi connectivity index (χ4v) is 8.11. The van der Waals surface area contributed by atoms with Crippen LogP contribution in [-0.4, -0.2) is 111 Å². The van der Waals surface area contributed by atoms with E-state index in [-0.39, 0.29) is 35.7 Å². The normalized spacial score (nSPS) is 17.9. The van der Waals surface area contributed by atoms with Crippen molar-refractivity contribution in [3.63, 3.8) is 0 Å². The molecule has 0 bridgehead atoms. The summed E-state index contributed by atoms with van der Waals surface area (Å²) in [7, 11) is 1.27. The van der Waals surface area contributed by atoms with Crippen molar-refractivity contribution >= 4 is 57.4 Å². The Bertz CT molecular complexity index is 2590. The van der Waals surface area contributed by atoms with Crippen LogP contribution in [-0.2, 0) is 14.3 Å². The lowest BCUT2D eigenvalue weighted by molar-refractivity contribution is -0.136. The van der Waals surface area contributed by atoms with Gasteiger partial charge in [-0.15, -0.1) is 0 Å². The lowest BCUT2D eigenvalue weighted by atomic mass is 10.0. The van der Waals surface area contributed by atoms with E-state index in [2.05, 4.69) is 30.6 Å². The Balaban J connectivity index is 0.997. The molecule has 4 aromatic heterocycles. The summed E-state index contributed by atoms with van der Waals surface area (Å²) in [4.78, 5) is 88.9. The molecule has 1 unspecified atom stereocenters. The predicted molar refractivity (Wildman–Crippen MR) is 217 cm³/mol. The number of methoxy groups -OCH3 is 1. The molecule has 0 saturated carbocycles. The number of nitrogens with one attached hydrogen (secondary N) is 4. The topological polar surface area (TPSA) is 237 Å². The number of hydrogen-bond donors (Lipinski definition) is 5. The van der Waals surface area contributed by atoms with E-state index in [1.165, 1.54) is 7.11 Å². The van der Waals surface area contributed by atoms with Crippen LogP contribution in [0.1, 0.15) is 77.1 Å². The molecular formula is C41H46N12O6. The highest BCUT2D eigenvalue weighted by Crippen LogP contribution is 2.35. The Hall–Kier alpha value is -6.72. The van der Waals surface area contributed by atoms with Gasteiger partial charge in [0.15, 0.2) is 22.6 Å². The van der Waals surface area contributed by atoms with Gasteiger partial charge in [0.2, 0.25) is 11.8 Å². The van der Waals surface area contributed by atoms with Gasteiger partial charge in [0.25, 0.3) is 0 Å². The minimum Gasteiger partial charge on any atom is -0.465 e. The minimum atomic E-state index is -1.24. The Labute approximate surface area is 338 Å². The first kappa shape index (κ1) is 39.1. The average molecular weight is 803 g/mol. The maximum Gasteiger partial charge on any atom is 0.407 e. The molecule has 5 N–H and O–H groups in total. The lowest BCUT2D eigenvalue weighted by Crippen LogP contribution is -2.51. The van der Waals surface area contributed by atoms with E-state index in [1.54, 1.807) is 22.2 Å². The Morgan fingerprint density at radius 1 is 0.712 bits per heavy atom. The predicted octanol–water partition coefficient (Wildman–Crippen LogP) is 5.51. The zero-order valence-corrected chi connectivity index (χ0v) is 33.4. The number of rotatable bonds is 10. The molecule has 0 aliphatic carbocycles. The first-order valence-electron chi connectivity index (χ1n) is 19.8. The van der Waals surface area contributed by atoms with Crippen LogP contribution in [0.3, 0.4) is 0 Å². The van der Waals surface area contributed by atoms with E-state index in [0.29, 0.717) is 71.6 Å². The minimum absolute atomic E-state index is 0.141. The maximum absolute atomic E-state index is 13.6. The van der Waals surface area contributed by atoms with Gasteiger partial charge in [-0.2, -0.15) is 0 Å². The van der Waals surface area contributed by atoms with Gasteiger partial charge in [-0.1, -0.05) is 52.0 Å². The van der Waals surface area contributed by atoms with Crippen molar-refractivity contribution in [2.75, 3.05) is 20.2 Å². The molecule has 2 aliphatic heterocycles. The van der Waals surface area contributed by atoms with Gasteiger partial charge in [0.1, 0.15) is 23.7 Å². The van der Waals surface area contributed by atoms with E-state index in [0.717, 1.165) is 34.7 Å². The molecular weight excluding hydrogens is 757 g/mol. The summed E-state index contributed by atoms with van der Waals surface area (Å²) >= 11 is 0. The summed E-state index contributed by atoms with van der Waals surface area (Å²) in [6.45, 7) is 8.43. The van der Waals surface area contributed by atoms with Gasteiger partial charge < -0.3 is 40.2 Å². The number of nitrogens with zero attached hydrogens (tertiary/aromatic N) is 8. The second-order valence-corrected chi connectivity index (χ2v) is 15.8. The van der Waals surface area contributed by atoms with Crippen molar-refractivity contribution in [3.05, 3.63) is 60.4 Å². The van der Waals surface area contributed by atoms with Gasteiger partial charge in [-0.25, -0.2) is 39.5 Å². The number of carboxylic acid groups (broad SMARTS) is 1. The van der Waals surface area contributed by atoms with Gasteiger partial charge in [0, 0.05) is 24.2 Å². The standard InChI is InChI=1S/C41H46N12O6/c1-20(2)30(46-40(56)57)38(54)52-14-6-8-28(52)32-48-34-36(50-32)44-26(18-42-34)24-12-10-23-17-25(13-11-22(23)16-24)27-19-43-35-37(45-27)51-33(49-35)29-9-7-15-53(29)39(55)31(21(3)4)47-41(58)59-5/h10-13,16-21,28-31,46H,6-9,14-15H2,1-5H3,(H,47,58)(H,56,57)(H,42,44,48,50)(H,43,45,49,51)/t28-,29?,30-,31+/m0/s1. The van der Waals surface area contributed by atoms with Crippen LogP contribution in [0.5, 0.6) is 0 Å². The molecule has 6 heterocycles. The average Bonchev–Trinajstić information content (AvgIpc) is 4.05. The number of aromatic amines is 2. The highest BCUT2D eigenvalue weighted by atomic mass is 16.5. The molecule has 4 amide bonds. The number of benzene rings is 2. The van der Waals surface area contributed by atoms with Crippen LogP contribution in [0.2, 0.25) is 0 Å². The second-order valence-electron chi connectivity index (χ2n) is 15.8. The van der Waals surface area contributed by atoms with Crippen molar-refractivity contribution < 1.29 is 29.0 Å². The third kappa shape index (κ3) is 7.69. The number of hydrogen-bond acceptors (Lipinski definition) is 11. The van der Waals surface area contributed by atoms with E-state index in [1.807, 2.05) is 64.1 Å². The highest BCUT2D eigenvalue weighted by Gasteiger charge is 2.39. The molecule has 6 aromatic rings. The zero-order chi connectivity index (χ0) is 41.5. The first-order chi connectivity index (χ1) is 28.4. The third-order valence-corrected chi connectivity index (χ3v) is 11.2.